The Bertz CT molecular complexity index is 1040. The number of carbonyl (C=O) groups is 1. The van der Waals surface area contributed by atoms with Gasteiger partial charge in [-0.05, 0) is 48.7 Å². The van der Waals surface area contributed by atoms with Gasteiger partial charge in [0.1, 0.15) is 5.75 Å². The number of anilines is 1. The Kier molecular flexibility index (Phi) is 6.41. The summed E-state index contributed by atoms with van der Waals surface area (Å²) in [6, 6.07) is 12.1. The summed E-state index contributed by atoms with van der Waals surface area (Å²) in [4.78, 5) is 17.0. The molecule has 0 saturated carbocycles. The van der Waals surface area contributed by atoms with Crippen molar-refractivity contribution in [1.82, 2.24) is 9.21 Å². The molecule has 2 aliphatic heterocycles. The van der Waals surface area contributed by atoms with Crippen molar-refractivity contribution in [2.75, 3.05) is 51.3 Å². The molecule has 9 heteroatoms. The normalized spacial score (nSPS) is 17.4. The molecule has 0 aromatic heterocycles. The second-order valence-electron chi connectivity index (χ2n) is 7.73. The summed E-state index contributed by atoms with van der Waals surface area (Å²) in [7, 11) is -1.95. The van der Waals surface area contributed by atoms with Gasteiger partial charge in [-0.15, -0.1) is 0 Å². The lowest BCUT2D eigenvalue weighted by Crippen LogP contribution is -2.52. The maximum Gasteiger partial charge on any atom is 0.243 e. The first-order valence-electron chi connectivity index (χ1n) is 10.3. The Morgan fingerprint density at radius 3 is 2.42 bits per heavy atom. The topological polar surface area (TPSA) is 70.2 Å². The van der Waals surface area contributed by atoms with Crippen LogP contribution in [0.25, 0.3) is 0 Å². The fourth-order valence-electron chi connectivity index (χ4n) is 4.22. The molecule has 0 bridgehead atoms. The molecule has 7 nitrogen and oxygen atoms in total. The van der Waals surface area contributed by atoms with E-state index < -0.39 is 10.0 Å². The first kappa shape index (κ1) is 21.9. The van der Waals surface area contributed by atoms with E-state index in [1.165, 1.54) is 22.0 Å². The maximum atomic E-state index is 13.0. The number of sulfonamides is 1. The molecule has 0 N–H and O–H groups in total. The number of methoxy groups -OCH3 is 1. The number of hydrogen-bond acceptors (Lipinski definition) is 5. The molecule has 4 rings (SSSR count). The SMILES string of the molecule is COc1cccc2c1N(CC(=O)N1CCN(S(=O)(=O)c3ccc(Cl)cc3)CC1)CCC2. The van der Waals surface area contributed by atoms with Gasteiger partial charge in [0.05, 0.1) is 24.2 Å². The molecule has 0 unspecified atom stereocenters. The molecule has 31 heavy (non-hydrogen) atoms. The Labute approximate surface area is 188 Å². The highest BCUT2D eigenvalue weighted by molar-refractivity contribution is 7.89. The molecule has 1 amide bonds. The van der Waals surface area contributed by atoms with E-state index in [2.05, 4.69) is 11.0 Å². The van der Waals surface area contributed by atoms with Crippen LogP contribution in [-0.4, -0.2) is 69.9 Å². The lowest BCUT2D eigenvalue weighted by Gasteiger charge is -2.37. The van der Waals surface area contributed by atoms with Crippen molar-refractivity contribution in [2.45, 2.75) is 17.7 Å². The number of para-hydroxylation sites is 1. The van der Waals surface area contributed by atoms with Gasteiger partial charge < -0.3 is 14.5 Å². The number of piperazine rings is 1. The number of nitrogens with zero attached hydrogens (tertiary/aromatic N) is 3. The van der Waals surface area contributed by atoms with E-state index in [0.717, 1.165) is 30.8 Å². The first-order chi connectivity index (χ1) is 14.9. The highest BCUT2D eigenvalue weighted by atomic mass is 35.5. The molecule has 0 aliphatic carbocycles. The van der Waals surface area contributed by atoms with Gasteiger partial charge in [0.25, 0.3) is 0 Å². The zero-order valence-electron chi connectivity index (χ0n) is 17.5. The van der Waals surface area contributed by atoms with Crippen molar-refractivity contribution >= 4 is 33.2 Å². The summed E-state index contributed by atoms with van der Waals surface area (Å²) in [6.45, 7) is 2.35. The van der Waals surface area contributed by atoms with Crippen LogP contribution in [0.3, 0.4) is 0 Å². The van der Waals surface area contributed by atoms with Crippen LogP contribution in [0.4, 0.5) is 5.69 Å². The molecule has 0 atom stereocenters. The van der Waals surface area contributed by atoms with Crippen LogP contribution in [-0.2, 0) is 21.2 Å². The minimum Gasteiger partial charge on any atom is -0.495 e. The average molecular weight is 464 g/mol. The molecule has 2 heterocycles. The van der Waals surface area contributed by atoms with Gasteiger partial charge in [-0.2, -0.15) is 4.31 Å². The van der Waals surface area contributed by atoms with Crippen LogP contribution in [0.2, 0.25) is 5.02 Å². The van der Waals surface area contributed by atoms with Gasteiger partial charge in [0, 0.05) is 37.7 Å². The van der Waals surface area contributed by atoms with E-state index in [1.807, 2.05) is 12.1 Å². The fourth-order valence-corrected chi connectivity index (χ4v) is 5.77. The summed E-state index contributed by atoms with van der Waals surface area (Å²) in [5.74, 6) is 0.783. The zero-order chi connectivity index (χ0) is 22.0. The highest BCUT2D eigenvalue weighted by Gasteiger charge is 2.31. The number of fused-ring (bicyclic) bond motifs is 1. The molecule has 2 aromatic rings. The van der Waals surface area contributed by atoms with Crippen molar-refractivity contribution in [3.05, 3.63) is 53.1 Å². The molecular weight excluding hydrogens is 438 g/mol. The van der Waals surface area contributed by atoms with Crippen molar-refractivity contribution in [3.8, 4) is 5.75 Å². The molecular formula is C22H26ClN3O4S. The zero-order valence-corrected chi connectivity index (χ0v) is 19.0. The molecule has 1 fully saturated rings. The molecule has 166 valence electrons. The number of hydrogen-bond donors (Lipinski definition) is 0. The van der Waals surface area contributed by atoms with Crippen LogP contribution in [0.5, 0.6) is 5.75 Å². The van der Waals surface area contributed by atoms with Crippen molar-refractivity contribution < 1.29 is 17.9 Å². The average Bonchev–Trinajstić information content (AvgIpc) is 2.79. The smallest absolute Gasteiger partial charge is 0.243 e. The molecule has 2 aromatic carbocycles. The molecule has 1 saturated heterocycles. The van der Waals surface area contributed by atoms with Gasteiger partial charge >= 0.3 is 0 Å². The Morgan fingerprint density at radius 1 is 1.03 bits per heavy atom. The van der Waals surface area contributed by atoms with Gasteiger partial charge in [-0.25, -0.2) is 8.42 Å². The van der Waals surface area contributed by atoms with Crippen molar-refractivity contribution in [2.24, 2.45) is 0 Å². The van der Waals surface area contributed by atoms with Gasteiger partial charge in [-0.1, -0.05) is 23.7 Å². The van der Waals surface area contributed by atoms with E-state index in [9.17, 15) is 13.2 Å². The number of halogens is 1. The Hall–Kier alpha value is -2.29. The maximum absolute atomic E-state index is 13.0. The quantitative estimate of drug-likeness (QED) is 0.681. The second-order valence-corrected chi connectivity index (χ2v) is 10.1. The summed E-state index contributed by atoms with van der Waals surface area (Å²) >= 11 is 5.87. The third-order valence-electron chi connectivity index (χ3n) is 5.86. The number of amides is 1. The van der Waals surface area contributed by atoms with E-state index in [-0.39, 0.29) is 30.4 Å². The predicted octanol–water partition coefficient (Wildman–Crippen LogP) is 2.63. The fraction of sp³-hybridized carbons (Fsp3) is 0.409. The second kappa shape index (κ2) is 9.06. The van der Waals surface area contributed by atoms with Crippen LogP contribution in [0.15, 0.2) is 47.4 Å². The number of aryl methyl sites for hydroxylation is 1. The van der Waals surface area contributed by atoms with Crippen molar-refractivity contribution in [1.29, 1.82) is 0 Å². The largest absolute Gasteiger partial charge is 0.495 e. The molecule has 0 radical (unpaired) electrons. The Morgan fingerprint density at radius 2 is 1.74 bits per heavy atom. The summed E-state index contributed by atoms with van der Waals surface area (Å²) < 4.78 is 32.7. The van der Waals surface area contributed by atoms with E-state index in [1.54, 1.807) is 24.1 Å². The van der Waals surface area contributed by atoms with Crippen LogP contribution >= 0.6 is 11.6 Å². The first-order valence-corrected chi connectivity index (χ1v) is 12.2. The van der Waals surface area contributed by atoms with Crippen LogP contribution in [0.1, 0.15) is 12.0 Å². The summed E-state index contributed by atoms with van der Waals surface area (Å²) in [5, 5.41) is 0.491. The standard InChI is InChI=1S/C22H26ClN3O4S/c1-30-20-6-2-4-17-5-3-11-25(22(17)20)16-21(27)24-12-14-26(15-13-24)31(28,29)19-9-7-18(23)8-10-19/h2,4,6-10H,3,5,11-16H2,1H3. The number of carbonyl (C=O) groups excluding carboxylic acids is 1. The van der Waals surface area contributed by atoms with E-state index in [0.29, 0.717) is 18.1 Å². The number of rotatable bonds is 5. The van der Waals surface area contributed by atoms with Crippen LogP contribution in [0, 0.1) is 0 Å². The van der Waals surface area contributed by atoms with Gasteiger partial charge in [0.15, 0.2) is 0 Å². The van der Waals surface area contributed by atoms with E-state index >= 15 is 0 Å². The minimum atomic E-state index is -3.59. The van der Waals surface area contributed by atoms with Gasteiger partial charge in [0.2, 0.25) is 15.9 Å². The predicted molar refractivity (Wildman–Crippen MR) is 120 cm³/mol. The monoisotopic (exact) mass is 463 g/mol. The third kappa shape index (κ3) is 4.51. The highest BCUT2D eigenvalue weighted by Crippen LogP contribution is 2.36. The molecule has 2 aliphatic rings. The lowest BCUT2D eigenvalue weighted by atomic mass is 10.0. The summed E-state index contributed by atoms with van der Waals surface area (Å²) in [5.41, 5.74) is 2.19. The number of benzene rings is 2. The number of ether oxygens (including phenoxy) is 1. The Balaban J connectivity index is 1.40. The third-order valence-corrected chi connectivity index (χ3v) is 8.03. The van der Waals surface area contributed by atoms with Crippen LogP contribution < -0.4 is 9.64 Å². The lowest BCUT2D eigenvalue weighted by molar-refractivity contribution is -0.130. The minimum absolute atomic E-state index is 0.00213. The van der Waals surface area contributed by atoms with E-state index in [4.69, 9.17) is 16.3 Å². The van der Waals surface area contributed by atoms with Crippen molar-refractivity contribution in [3.63, 3.8) is 0 Å². The van der Waals surface area contributed by atoms with Gasteiger partial charge in [-0.3, -0.25) is 4.79 Å². The molecule has 0 spiro atoms. The summed E-state index contributed by atoms with van der Waals surface area (Å²) in [6.07, 6.45) is 1.96.